The third kappa shape index (κ3) is 3.92. The Kier molecular flexibility index (Phi) is 5.23. The predicted octanol–water partition coefficient (Wildman–Crippen LogP) is 2.32. The maximum Gasteiger partial charge on any atom is 0.311 e. The molecule has 0 unspecified atom stereocenters. The van der Waals surface area contributed by atoms with Crippen molar-refractivity contribution < 1.29 is 22.5 Å². The molecule has 0 radical (unpaired) electrons. The van der Waals surface area contributed by atoms with Gasteiger partial charge in [0.25, 0.3) is 0 Å². The molecule has 0 saturated carbocycles. The number of ether oxygens (including phenoxy) is 1. The number of carbonyl (C=O) groups is 1. The maximum atomic E-state index is 11.9. The van der Waals surface area contributed by atoms with Gasteiger partial charge < -0.3 is 9.29 Å². The molecule has 0 aliphatic heterocycles. The van der Waals surface area contributed by atoms with Crippen molar-refractivity contribution in [2.45, 2.75) is 59.6 Å². The third-order valence-corrected chi connectivity index (χ3v) is 6.06. The molecule has 0 aliphatic rings. The molecule has 0 fully saturated rings. The molecule has 6 heteroatoms. The topological polar surface area (TPSA) is 83.5 Å². The van der Waals surface area contributed by atoms with E-state index in [9.17, 15) is 17.8 Å². The number of rotatable bonds is 6. The number of hydrogen-bond acceptors (Lipinski definition) is 5. The Morgan fingerprint density at radius 3 is 1.84 bits per heavy atom. The summed E-state index contributed by atoms with van der Waals surface area (Å²) in [6, 6.07) is 0. The van der Waals surface area contributed by atoms with Crippen molar-refractivity contribution in [3.63, 3.8) is 0 Å². The molecular formula is C13H25O5S-. The lowest BCUT2D eigenvalue weighted by Crippen LogP contribution is -2.49. The van der Waals surface area contributed by atoms with Crippen molar-refractivity contribution >= 4 is 16.1 Å². The van der Waals surface area contributed by atoms with Crippen molar-refractivity contribution in [1.29, 1.82) is 0 Å². The molecule has 5 nitrogen and oxygen atoms in total. The average Bonchev–Trinajstić information content (AvgIpc) is 2.24. The summed E-state index contributed by atoms with van der Waals surface area (Å²) < 4.78 is 37.6. The van der Waals surface area contributed by atoms with Crippen molar-refractivity contribution in [2.75, 3.05) is 6.61 Å². The quantitative estimate of drug-likeness (QED) is 0.554. The van der Waals surface area contributed by atoms with Gasteiger partial charge in [-0.3, -0.25) is 4.79 Å². The normalized spacial score (nSPS) is 14.3. The molecule has 0 aliphatic carbocycles. The van der Waals surface area contributed by atoms with E-state index in [-0.39, 0.29) is 12.6 Å². The number of carbonyl (C=O) groups excluding carboxylic acids is 1. The molecule has 0 aromatic rings. The number of hydrogen-bond donors (Lipinski definition) is 0. The van der Waals surface area contributed by atoms with Crippen LogP contribution in [0.25, 0.3) is 0 Å². The minimum absolute atomic E-state index is 0.107. The molecular weight excluding hydrogens is 268 g/mol. The van der Waals surface area contributed by atoms with Crippen LogP contribution in [0, 0.1) is 10.8 Å². The highest BCUT2D eigenvalue weighted by molar-refractivity contribution is 7.87. The molecule has 0 N–H and O–H groups in total. The maximum absolute atomic E-state index is 11.9. The first-order valence-electron chi connectivity index (χ1n) is 6.32. The van der Waals surface area contributed by atoms with Gasteiger partial charge >= 0.3 is 5.97 Å². The van der Waals surface area contributed by atoms with Crippen LogP contribution < -0.4 is 0 Å². The third-order valence-electron chi connectivity index (χ3n) is 4.26. The van der Waals surface area contributed by atoms with Gasteiger partial charge in [-0.2, -0.15) is 0 Å². The Morgan fingerprint density at radius 1 is 1.11 bits per heavy atom. The van der Waals surface area contributed by atoms with E-state index in [0.717, 1.165) is 0 Å². The first-order valence-corrected chi connectivity index (χ1v) is 7.72. The summed E-state index contributed by atoms with van der Waals surface area (Å²) >= 11 is 0. The molecule has 19 heavy (non-hydrogen) atoms. The van der Waals surface area contributed by atoms with E-state index in [1.165, 1.54) is 13.8 Å². The van der Waals surface area contributed by atoms with Crippen LogP contribution in [0.5, 0.6) is 0 Å². The monoisotopic (exact) mass is 293 g/mol. The summed E-state index contributed by atoms with van der Waals surface area (Å²) in [4.78, 5) is 11.9. The Bertz CT molecular complexity index is 432. The molecule has 0 rings (SSSR count). The predicted molar refractivity (Wildman–Crippen MR) is 72.6 cm³/mol. The van der Waals surface area contributed by atoms with E-state index < -0.39 is 25.7 Å². The minimum Gasteiger partial charge on any atom is -0.748 e. The zero-order chi connectivity index (χ0) is 15.7. The summed E-state index contributed by atoms with van der Waals surface area (Å²) in [6.07, 6.45) is 0.621. The van der Waals surface area contributed by atoms with Gasteiger partial charge in [0.15, 0.2) is 0 Å². The molecule has 0 spiro atoms. The SMILES string of the molecule is CCC(C)(C)C(=O)OCC(C)(C)C(C)(C)S(=O)(=O)[O-]. The molecule has 0 saturated heterocycles. The van der Waals surface area contributed by atoms with Gasteiger partial charge in [0.1, 0.15) is 10.1 Å². The van der Waals surface area contributed by atoms with Crippen LogP contribution in [0.3, 0.4) is 0 Å². The van der Waals surface area contributed by atoms with Crippen molar-refractivity contribution in [1.82, 2.24) is 0 Å². The highest BCUT2D eigenvalue weighted by Gasteiger charge is 2.44. The van der Waals surface area contributed by atoms with Crippen molar-refractivity contribution in [2.24, 2.45) is 10.8 Å². The van der Waals surface area contributed by atoms with Gasteiger partial charge in [0, 0.05) is 5.41 Å². The summed E-state index contributed by atoms with van der Waals surface area (Å²) in [5, 5.41) is 0. The van der Waals surface area contributed by atoms with Gasteiger partial charge in [-0.1, -0.05) is 20.8 Å². The molecule has 0 amide bonds. The Hall–Kier alpha value is -0.620. The van der Waals surface area contributed by atoms with Crippen LogP contribution in [-0.2, 0) is 19.6 Å². The summed E-state index contributed by atoms with van der Waals surface area (Å²) in [5.74, 6) is -0.387. The summed E-state index contributed by atoms with van der Waals surface area (Å²) in [6.45, 7) is 11.2. The molecule has 114 valence electrons. The lowest BCUT2D eigenvalue weighted by Gasteiger charge is -2.42. The van der Waals surface area contributed by atoms with Crippen LogP contribution >= 0.6 is 0 Å². The van der Waals surface area contributed by atoms with E-state index in [1.807, 2.05) is 6.92 Å². The van der Waals surface area contributed by atoms with Crippen LogP contribution in [0.4, 0.5) is 0 Å². The Balaban J connectivity index is 4.97. The van der Waals surface area contributed by atoms with Crippen LogP contribution in [0.15, 0.2) is 0 Å². The fraction of sp³-hybridized carbons (Fsp3) is 0.923. The highest BCUT2D eigenvalue weighted by Crippen LogP contribution is 2.37. The molecule has 0 heterocycles. The number of esters is 1. The smallest absolute Gasteiger partial charge is 0.311 e. The first-order chi connectivity index (χ1) is 8.19. The average molecular weight is 293 g/mol. The van der Waals surface area contributed by atoms with Gasteiger partial charge in [-0.05, 0) is 34.1 Å². The zero-order valence-electron chi connectivity index (χ0n) is 12.9. The zero-order valence-corrected chi connectivity index (χ0v) is 13.7. The van der Waals surface area contributed by atoms with E-state index in [0.29, 0.717) is 6.42 Å². The van der Waals surface area contributed by atoms with Gasteiger partial charge in [0.05, 0.1) is 16.8 Å². The minimum atomic E-state index is -4.49. The summed E-state index contributed by atoms with van der Waals surface area (Å²) in [7, 11) is -4.49. The lowest BCUT2D eigenvalue weighted by atomic mass is 9.81. The lowest BCUT2D eigenvalue weighted by molar-refractivity contribution is -0.157. The molecule has 0 aromatic heterocycles. The Labute approximate surface area is 116 Å². The van der Waals surface area contributed by atoms with Crippen LogP contribution in [-0.4, -0.2) is 30.3 Å². The van der Waals surface area contributed by atoms with E-state index in [1.54, 1.807) is 27.7 Å². The standard InChI is InChI=1S/C13H26O5S/c1-8-11(2,3)10(14)18-9-12(4,5)13(6,7)19(15,16)17/h8-9H2,1-7H3,(H,15,16,17)/p-1. The summed E-state index contributed by atoms with van der Waals surface area (Å²) in [5.41, 5.74) is -1.58. The van der Waals surface area contributed by atoms with Gasteiger partial charge in [0.2, 0.25) is 0 Å². The van der Waals surface area contributed by atoms with Gasteiger partial charge in [-0.25, -0.2) is 8.42 Å². The largest absolute Gasteiger partial charge is 0.748 e. The van der Waals surface area contributed by atoms with E-state index in [2.05, 4.69) is 0 Å². The fourth-order valence-electron chi connectivity index (χ4n) is 1.10. The molecule has 0 atom stereocenters. The fourth-order valence-corrected chi connectivity index (χ4v) is 1.83. The molecule has 0 bridgehead atoms. The van der Waals surface area contributed by atoms with E-state index in [4.69, 9.17) is 4.74 Å². The second-order valence-electron chi connectivity index (χ2n) is 6.66. The highest BCUT2D eigenvalue weighted by atomic mass is 32.2. The second-order valence-corrected chi connectivity index (χ2v) is 8.59. The van der Waals surface area contributed by atoms with E-state index >= 15 is 0 Å². The Morgan fingerprint density at radius 2 is 1.53 bits per heavy atom. The van der Waals surface area contributed by atoms with Crippen molar-refractivity contribution in [3.05, 3.63) is 0 Å². The molecule has 0 aromatic carbocycles. The first kappa shape index (κ1) is 18.4. The second kappa shape index (κ2) is 5.40. The van der Waals surface area contributed by atoms with Gasteiger partial charge in [-0.15, -0.1) is 0 Å². The van der Waals surface area contributed by atoms with Crippen LogP contribution in [0.2, 0.25) is 0 Å². The van der Waals surface area contributed by atoms with Crippen LogP contribution in [0.1, 0.15) is 54.9 Å². The van der Waals surface area contributed by atoms with Crippen molar-refractivity contribution in [3.8, 4) is 0 Å².